The Hall–Kier alpha value is -2.57. The summed E-state index contributed by atoms with van der Waals surface area (Å²) in [6, 6.07) is 12.8. The van der Waals surface area contributed by atoms with Gasteiger partial charge < -0.3 is 15.1 Å². The number of thiophene rings is 1. The van der Waals surface area contributed by atoms with Crippen molar-refractivity contribution in [3.63, 3.8) is 0 Å². The van der Waals surface area contributed by atoms with Crippen molar-refractivity contribution in [2.24, 2.45) is 0 Å². The SMILES string of the molecule is Cc1ccc(NC(=O)C(=O)NCCc2ccc(-c3ccco3)s2)cc1Cl. The van der Waals surface area contributed by atoms with Crippen LogP contribution in [0.5, 0.6) is 0 Å². The zero-order valence-corrected chi connectivity index (χ0v) is 15.6. The van der Waals surface area contributed by atoms with Crippen LogP contribution in [-0.4, -0.2) is 18.4 Å². The van der Waals surface area contributed by atoms with Crippen LogP contribution in [0.1, 0.15) is 10.4 Å². The summed E-state index contributed by atoms with van der Waals surface area (Å²) in [4.78, 5) is 26.0. The van der Waals surface area contributed by atoms with E-state index < -0.39 is 11.8 Å². The van der Waals surface area contributed by atoms with E-state index in [1.807, 2.05) is 31.2 Å². The molecule has 0 aliphatic carbocycles. The molecule has 26 heavy (non-hydrogen) atoms. The van der Waals surface area contributed by atoms with Crippen LogP contribution in [0.2, 0.25) is 5.02 Å². The van der Waals surface area contributed by atoms with Crippen LogP contribution in [0.4, 0.5) is 5.69 Å². The predicted octanol–water partition coefficient (Wildman–Crippen LogP) is 4.27. The van der Waals surface area contributed by atoms with Gasteiger partial charge in [-0.3, -0.25) is 9.59 Å². The summed E-state index contributed by atoms with van der Waals surface area (Å²) in [7, 11) is 0. The minimum atomic E-state index is -0.715. The van der Waals surface area contributed by atoms with E-state index in [1.165, 1.54) is 0 Å². The molecule has 7 heteroatoms. The summed E-state index contributed by atoms with van der Waals surface area (Å²) < 4.78 is 5.36. The summed E-state index contributed by atoms with van der Waals surface area (Å²) in [5.74, 6) is -0.571. The van der Waals surface area contributed by atoms with Gasteiger partial charge in [-0.1, -0.05) is 17.7 Å². The van der Waals surface area contributed by atoms with Crippen LogP contribution >= 0.6 is 22.9 Å². The number of aryl methyl sites for hydroxylation is 1. The summed E-state index contributed by atoms with van der Waals surface area (Å²) in [6.07, 6.45) is 2.27. The maximum atomic E-state index is 11.9. The second-order valence-corrected chi connectivity index (χ2v) is 7.24. The summed E-state index contributed by atoms with van der Waals surface area (Å²) in [5, 5.41) is 5.69. The average Bonchev–Trinajstić information content (AvgIpc) is 3.29. The van der Waals surface area contributed by atoms with E-state index >= 15 is 0 Å². The van der Waals surface area contributed by atoms with E-state index in [2.05, 4.69) is 10.6 Å². The summed E-state index contributed by atoms with van der Waals surface area (Å²) in [6.45, 7) is 2.24. The minimum absolute atomic E-state index is 0.374. The third-order valence-corrected chi connectivity index (χ3v) is 5.29. The van der Waals surface area contributed by atoms with Gasteiger partial charge in [0.25, 0.3) is 0 Å². The van der Waals surface area contributed by atoms with E-state index in [9.17, 15) is 9.59 Å². The topological polar surface area (TPSA) is 71.3 Å². The van der Waals surface area contributed by atoms with E-state index in [-0.39, 0.29) is 0 Å². The molecule has 0 saturated heterocycles. The minimum Gasteiger partial charge on any atom is -0.464 e. The highest BCUT2D eigenvalue weighted by Crippen LogP contribution is 2.28. The van der Waals surface area contributed by atoms with Gasteiger partial charge in [0, 0.05) is 22.1 Å². The fourth-order valence-electron chi connectivity index (χ4n) is 2.30. The molecule has 3 rings (SSSR count). The molecule has 0 spiro atoms. The third-order valence-electron chi connectivity index (χ3n) is 3.72. The molecule has 0 aliphatic rings. The molecule has 2 N–H and O–H groups in total. The zero-order chi connectivity index (χ0) is 18.5. The molecule has 0 fully saturated rings. The first-order chi connectivity index (χ1) is 12.5. The van der Waals surface area contributed by atoms with Crippen molar-refractivity contribution in [1.29, 1.82) is 0 Å². The number of hydrogen-bond acceptors (Lipinski definition) is 4. The van der Waals surface area contributed by atoms with Gasteiger partial charge in [0.15, 0.2) is 0 Å². The monoisotopic (exact) mass is 388 g/mol. The van der Waals surface area contributed by atoms with E-state index in [0.29, 0.717) is 23.7 Å². The van der Waals surface area contributed by atoms with Crippen molar-refractivity contribution >= 4 is 40.4 Å². The number of anilines is 1. The Balaban J connectivity index is 1.47. The van der Waals surface area contributed by atoms with Crippen molar-refractivity contribution in [3.8, 4) is 10.6 Å². The number of hydrogen-bond donors (Lipinski definition) is 2. The maximum Gasteiger partial charge on any atom is 0.313 e. The van der Waals surface area contributed by atoms with Gasteiger partial charge in [0.05, 0.1) is 11.1 Å². The Morgan fingerprint density at radius 3 is 2.73 bits per heavy atom. The largest absolute Gasteiger partial charge is 0.464 e. The second-order valence-electron chi connectivity index (χ2n) is 5.67. The molecule has 0 aliphatic heterocycles. The lowest BCUT2D eigenvalue weighted by Gasteiger charge is -2.07. The van der Waals surface area contributed by atoms with Gasteiger partial charge in [0.1, 0.15) is 5.76 Å². The van der Waals surface area contributed by atoms with Crippen molar-refractivity contribution in [1.82, 2.24) is 5.32 Å². The molecule has 2 amide bonds. The second kappa shape index (κ2) is 8.21. The molecular weight excluding hydrogens is 372 g/mol. The summed E-state index contributed by atoms with van der Waals surface area (Å²) in [5.41, 5.74) is 1.39. The molecule has 2 aromatic heterocycles. The third kappa shape index (κ3) is 4.53. The number of rotatable bonds is 5. The highest BCUT2D eigenvalue weighted by molar-refractivity contribution is 7.15. The number of nitrogens with one attached hydrogen (secondary N) is 2. The predicted molar refractivity (Wildman–Crippen MR) is 104 cm³/mol. The molecule has 3 aromatic rings. The van der Waals surface area contributed by atoms with Crippen molar-refractivity contribution < 1.29 is 14.0 Å². The highest BCUT2D eigenvalue weighted by Gasteiger charge is 2.14. The Labute approximate surface area is 160 Å². The fourth-order valence-corrected chi connectivity index (χ4v) is 3.46. The van der Waals surface area contributed by atoms with E-state index in [4.69, 9.17) is 16.0 Å². The van der Waals surface area contributed by atoms with Gasteiger partial charge in [-0.2, -0.15) is 0 Å². The summed E-state index contributed by atoms with van der Waals surface area (Å²) >= 11 is 7.61. The Kier molecular flexibility index (Phi) is 5.75. The first kappa shape index (κ1) is 18.2. The van der Waals surface area contributed by atoms with Crippen LogP contribution in [-0.2, 0) is 16.0 Å². The van der Waals surface area contributed by atoms with Gasteiger partial charge >= 0.3 is 11.8 Å². The molecule has 0 saturated carbocycles. The first-order valence-corrected chi connectivity index (χ1v) is 9.20. The van der Waals surface area contributed by atoms with Crippen LogP contribution in [0.25, 0.3) is 10.6 Å². The van der Waals surface area contributed by atoms with Crippen LogP contribution in [0, 0.1) is 6.92 Å². The fraction of sp³-hybridized carbons (Fsp3) is 0.158. The number of benzene rings is 1. The lowest BCUT2D eigenvalue weighted by atomic mass is 10.2. The molecule has 5 nitrogen and oxygen atoms in total. The number of halogens is 1. The first-order valence-electron chi connectivity index (χ1n) is 8.01. The molecule has 0 radical (unpaired) electrons. The Morgan fingerprint density at radius 1 is 1.15 bits per heavy atom. The normalized spacial score (nSPS) is 10.5. The van der Waals surface area contributed by atoms with Crippen molar-refractivity contribution in [2.75, 3.05) is 11.9 Å². The molecule has 1 aromatic carbocycles. The molecule has 134 valence electrons. The smallest absolute Gasteiger partial charge is 0.313 e. The number of carbonyl (C=O) groups excluding carboxylic acids is 2. The van der Waals surface area contributed by atoms with Gasteiger partial charge in [0.2, 0.25) is 0 Å². The van der Waals surface area contributed by atoms with Crippen LogP contribution in [0.15, 0.2) is 53.1 Å². The van der Waals surface area contributed by atoms with Crippen molar-refractivity contribution in [2.45, 2.75) is 13.3 Å². The van der Waals surface area contributed by atoms with Gasteiger partial charge in [-0.15, -0.1) is 11.3 Å². The number of furan rings is 1. The van der Waals surface area contributed by atoms with Gasteiger partial charge in [-0.05, 0) is 55.3 Å². The van der Waals surface area contributed by atoms with E-state index in [0.717, 1.165) is 21.1 Å². The molecule has 2 heterocycles. The molecular formula is C19H17ClN2O3S. The zero-order valence-electron chi connectivity index (χ0n) is 14.0. The Bertz CT molecular complexity index is 919. The molecule has 0 atom stereocenters. The maximum absolute atomic E-state index is 11.9. The lowest BCUT2D eigenvalue weighted by Crippen LogP contribution is -2.36. The molecule has 0 bridgehead atoms. The van der Waals surface area contributed by atoms with Crippen molar-refractivity contribution in [3.05, 3.63) is 64.2 Å². The number of amides is 2. The lowest BCUT2D eigenvalue weighted by molar-refractivity contribution is -0.136. The highest BCUT2D eigenvalue weighted by atomic mass is 35.5. The van der Waals surface area contributed by atoms with Crippen LogP contribution < -0.4 is 10.6 Å². The Morgan fingerprint density at radius 2 is 2.00 bits per heavy atom. The standard InChI is InChI=1S/C19H17ClN2O3S/c1-12-4-5-13(11-15(12)20)22-19(24)18(23)21-9-8-14-6-7-17(26-14)16-3-2-10-25-16/h2-7,10-11H,8-9H2,1H3,(H,21,23)(H,22,24). The van der Waals surface area contributed by atoms with Gasteiger partial charge in [-0.25, -0.2) is 0 Å². The average molecular weight is 389 g/mol. The quantitative estimate of drug-likeness (QED) is 0.641. The number of carbonyl (C=O) groups is 2. The van der Waals surface area contributed by atoms with E-state index in [1.54, 1.807) is 35.8 Å². The molecule has 0 unspecified atom stereocenters. The van der Waals surface area contributed by atoms with Crippen LogP contribution in [0.3, 0.4) is 0 Å².